The lowest BCUT2D eigenvalue weighted by molar-refractivity contribution is -0.111. The molecule has 1 N–H and O–H groups in total. The molecule has 0 fully saturated rings. The van der Waals surface area contributed by atoms with Gasteiger partial charge in [0.2, 0.25) is 5.91 Å². The number of nitrogens with one attached hydrogen (secondary N) is 1. The summed E-state index contributed by atoms with van der Waals surface area (Å²) < 4.78 is 5.11. The zero-order valence-corrected chi connectivity index (χ0v) is 11.9. The summed E-state index contributed by atoms with van der Waals surface area (Å²) in [5.74, 6) is 0.409. The molecule has 0 radical (unpaired) electrons. The van der Waals surface area contributed by atoms with Crippen molar-refractivity contribution in [3.8, 4) is 10.6 Å². The van der Waals surface area contributed by atoms with Crippen molar-refractivity contribution < 1.29 is 9.21 Å². The van der Waals surface area contributed by atoms with E-state index in [1.54, 1.807) is 35.8 Å². The van der Waals surface area contributed by atoms with Crippen LogP contribution in [0.4, 0.5) is 5.13 Å². The van der Waals surface area contributed by atoms with Crippen molar-refractivity contribution in [2.24, 2.45) is 0 Å². The van der Waals surface area contributed by atoms with Crippen LogP contribution in [0, 0.1) is 0 Å². The molecule has 0 aliphatic rings. The monoisotopic (exact) mass is 302 g/mol. The highest BCUT2D eigenvalue weighted by Gasteiger charge is 2.06. The number of nitrogens with zero attached hydrogens (tertiary/aromatic N) is 1. The Bertz CT molecular complexity index is 712. The second-order valence-electron chi connectivity index (χ2n) is 3.85. The van der Waals surface area contributed by atoms with Crippen molar-refractivity contribution in [3.63, 3.8) is 0 Å². The number of carbonyl (C=O) groups is 1. The number of thiazole rings is 1. The fourth-order valence-corrected chi connectivity index (χ4v) is 3.03. The lowest BCUT2D eigenvalue weighted by Gasteiger charge is -1.95. The van der Waals surface area contributed by atoms with E-state index in [4.69, 9.17) is 4.42 Å². The molecule has 0 aliphatic carbocycles. The van der Waals surface area contributed by atoms with Gasteiger partial charge in [-0.05, 0) is 29.7 Å². The average Bonchev–Trinajstić information content (AvgIpc) is 3.18. The molecule has 0 saturated heterocycles. The molecule has 20 heavy (non-hydrogen) atoms. The molecule has 4 nitrogen and oxygen atoms in total. The summed E-state index contributed by atoms with van der Waals surface area (Å²) in [5.41, 5.74) is 0.885. The number of carbonyl (C=O) groups excluding carboxylic acids is 1. The summed E-state index contributed by atoms with van der Waals surface area (Å²) in [6, 6.07) is 7.53. The first-order valence-electron chi connectivity index (χ1n) is 5.83. The van der Waals surface area contributed by atoms with Crippen LogP contribution >= 0.6 is 22.7 Å². The van der Waals surface area contributed by atoms with Crippen molar-refractivity contribution in [2.45, 2.75) is 0 Å². The quantitative estimate of drug-likeness (QED) is 0.738. The maximum atomic E-state index is 11.7. The van der Waals surface area contributed by atoms with Gasteiger partial charge >= 0.3 is 0 Å². The van der Waals surface area contributed by atoms with E-state index in [1.165, 1.54) is 17.4 Å². The van der Waals surface area contributed by atoms with Gasteiger partial charge in [-0.25, -0.2) is 4.98 Å². The number of aromatic nitrogens is 1. The molecule has 0 atom stereocenters. The third-order valence-electron chi connectivity index (χ3n) is 2.45. The van der Waals surface area contributed by atoms with Gasteiger partial charge in [-0.15, -0.1) is 22.7 Å². The van der Waals surface area contributed by atoms with Crippen LogP contribution in [-0.2, 0) is 4.79 Å². The van der Waals surface area contributed by atoms with Gasteiger partial charge in [0.1, 0.15) is 5.76 Å². The largest absolute Gasteiger partial charge is 0.465 e. The van der Waals surface area contributed by atoms with E-state index < -0.39 is 0 Å². The minimum atomic E-state index is -0.228. The highest BCUT2D eigenvalue weighted by Crippen LogP contribution is 2.28. The summed E-state index contributed by atoms with van der Waals surface area (Å²) >= 11 is 3.03. The third kappa shape index (κ3) is 3.04. The van der Waals surface area contributed by atoms with E-state index >= 15 is 0 Å². The Hall–Kier alpha value is -2.18. The second-order valence-corrected chi connectivity index (χ2v) is 5.66. The predicted molar refractivity (Wildman–Crippen MR) is 81.8 cm³/mol. The van der Waals surface area contributed by atoms with Crippen LogP contribution in [0.1, 0.15) is 5.76 Å². The molecular formula is C14H10N2O2S2. The lowest BCUT2D eigenvalue weighted by Crippen LogP contribution is -2.07. The first-order chi connectivity index (χ1) is 9.81. The zero-order chi connectivity index (χ0) is 13.8. The van der Waals surface area contributed by atoms with Gasteiger partial charge in [0, 0.05) is 11.5 Å². The predicted octanol–water partition coefficient (Wildman–Crippen LogP) is 4.12. The van der Waals surface area contributed by atoms with Crippen molar-refractivity contribution in [1.82, 2.24) is 4.98 Å². The average molecular weight is 302 g/mol. The lowest BCUT2D eigenvalue weighted by atomic mass is 10.4. The SMILES string of the molecule is O=C(/C=C/c1ccco1)Nc1nc(-c2cccs2)cs1. The Labute approximate surface area is 123 Å². The van der Waals surface area contributed by atoms with Crippen LogP contribution in [0.25, 0.3) is 16.6 Å². The molecule has 3 aromatic rings. The molecule has 6 heteroatoms. The summed E-state index contributed by atoms with van der Waals surface area (Å²) in [7, 11) is 0. The molecule has 0 aromatic carbocycles. The normalized spacial score (nSPS) is 11.0. The van der Waals surface area contributed by atoms with Crippen molar-refractivity contribution in [3.05, 3.63) is 53.1 Å². The van der Waals surface area contributed by atoms with E-state index in [-0.39, 0.29) is 5.91 Å². The first kappa shape index (κ1) is 12.8. The minimum absolute atomic E-state index is 0.228. The Balaban J connectivity index is 1.65. The molecule has 0 bridgehead atoms. The fraction of sp³-hybridized carbons (Fsp3) is 0. The van der Waals surface area contributed by atoms with Crippen LogP contribution in [0.5, 0.6) is 0 Å². The summed E-state index contributed by atoms with van der Waals surface area (Å²) in [6.45, 7) is 0. The number of hydrogen-bond donors (Lipinski definition) is 1. The smallest absolute Gasteiger partial charge is 0.250 e. The Morgan fingerprint density at radius 1 is 1.30 bits per heavy atom. The van der Waals surface area contributed by atoms with Crippen LogP contribution in [-0.4, -0.2) is 10.9 Å². The van der Waals surface area contributed by atoms with E-state index in [2.05, 4.69) is 10.3 Å². The van der Waals surface area contributed by atoms with Gasteiger partial charge < -0.3 is 4.42 Å². The van der Waals surface area contributed by atoms with Gasteiger partial charge in [-0.3, -0.25) is 10.1 Å². The summed E-state index contributed by atoms with van der Waals surface area (Å²) in [4.78, 5) is 17.2. The topological polar surface area (TPSA) is 55.1 Å². The van der Waals surface area contributed by atoms with Gasteiger partial charge in [0.25, 0.3) is 0 Å². The maximum absolute atomic E-state index is 11.7. The van der Waals surface area contributed by atoms with E-state index in [9.17, 15) is 4.79 Å². The summed E-state index contributed by atoms with van der Waals surface area (Å²) in [6.07, 6.45) is 4.60. The van der Waals surface area contributed by atoms with Crippen LogP contribution in [0.2, 0.25) is 0 Å². The molecular weight excluding hydrogens is 292 g/mol. The van der Waals surface area contributed by atoms with E-state index in [1.807, 2.05) is 22.9 Å². The van der Waals surface area contributed by atoms with E-state index in [0.29, 0.717) is 10.9 Å². The Morgan fingerprint density at radius 3 is 3.00 bits per heavy atom. The number of thiophene rings is 1. The molecule has 3 heterocycles. The number of anilines is 1. The van der Waals surface area contributed by atoms with Crippen molar-refractivity contribution in [2.75, 3.05) is 5.32 Å². The van der Waals surface area contributed by atoms with Gasteiger partial charge in [-0.2, -0.15) is 0 Å². The molecule has 3 rings (SSSR count). The number of amides is 1. The zero-order valence-electron chi connectivity index (χ0n) is 10.3. The van der Waals surface area contributed by atoms with Crippen molar-refractivity contribution in [1.29, 1.82) is 0 Å². The molecule has 1 amide bonds. The molecule has 0 aliphatic heterocycles. The fourth-order valence-electron chi connectivity index (χ4n) is 1.56. The standard InChI is InChI=1S/C14H10N2O2S2/c17-13(6-5-10-3-1-7-18-10)16-14-15-11(9-20-14)12-4-2-8-19-12/h1-9H,(H,15,16,17)/b6-5+. The van der Waals surface area contributed by atoms with Crippen LogP contribution in [0.15, 0.2) is 51.8 Å². The molecule has 3 aromatic heterocycles. The first-order valence-corrected chi connectivity index (χ1v) is 7.59. The Kier molecular flexibility index (Phi) is 3.76. The third-order valence-corrected chi connectivity index (χ3v) is 4.10. The molecule has 0 unspecified atom stereocenters. The molecule has 100 valence electrons. The Morgan fingerprint density at radius 2 is 2.25 bits per heavy atom. The highest BCUT2D eigenvalue weighted by atomic mass is 32.1. The van der Waals surface area contributed by atoms with Crippen LogP contribution in [0.3, 0.4) is 0 Å². The van der Waals surface area contributed by atoms with Gasteiger partial charge in [-0.1, -0.05) is 6.07 Å². The summed E-state index contributed by atoms with van der Waals surface area (Å²) in [5, 5.41) is 7.24. The number of hydrogen-bond acceptors (Lipinski definition) is 5. The molecule has 0 spiro atoms. The molecule has 0 saturated carbocycles. The van der Waals surface area contributed by atoms with Gasteiger partial charge in [0.15, 0.2) is 5.13 Å². The van der Waals surface area contributed by atoms with Crippen molar-refractivity contribution >= 4 is 39.8 Å². The highest BCUT2D eigenvalue weighted by molar-refractivity contribution is 7.16. The number of furan rings is 1. The van der Waals surface area contributed by atoms with E-state index in [0.717, 1.165) is 10.6 Å². The number of rotatable bonds is 4. The van der Waals surface area contributed by atoms with Crippen LogP contribution < -0.4 is 5.32 Å². The van der Waals surface area contributed by atoms with Gasteiger partial charge in [0.05, 0.1) is 16.8 Å². The second kappa shape index (κ2) is 5.85. The maximum Gasteiger partial charge on any atom is 0.250 e. The minimum Gasteiger partial charge on any atom is -0.465 e.